The molecule has 21 heavy (non-hydrogen) atoms. The van der Waals surface area contributed by atoms with Crippen molar-refractivity contribution in [1.29, 1.82) is 0 Å². The predicted octanol–water partition coefficient (Wildman–Crippen LogP) is 2.60. The molecule has 2 fully saturated rings. The second kappa shape index (κ2) is 6.18. The van der Waals surface area contributed by atoms with Crippen LogP contribution in [0.5, 0.6) is 0 Å². The molecule has 0 radical (unpaired) electrons. The number of rotatable bonds is 8. The average Bonchev–Trinajstić information content (AvgIpc) is 3.34. The molecule has 5 nitrogen and oxygen atoms in total. The molecule has 0 atom stereocenters. The van der Waals surface area contributed by atoms with Crippen LogP contribution in [0.3, 0.4) is 0 Å². The Balaban J connectivity index is 1.66. The van der Waals surface area contributed by atoms with E-state index in [2.05, 4.69) is 36.4 Å². The fourth-order valence-electron chi connectivity index (χ4n) is 2.62. The summed E-state index contributed by atoms with van der Waals surface area (Å²) < 4.78 is 0. The molecule has 0 aromatic carbocycles. The third kappa shape index (κ3) is 3.64. The number of anilines is 2. The van der Waals surface area contributed by atoms with E-state index in [-0.39, 0.29) is 0 Å². The molecule has 0 spiro atoms. The summed E-state index contributed by atoms with van der Waals surface area (Å²) in [5.74, 6) is 3.59. The van der Waals surface area contributed by atoms with Crippen LogP contribution in [0.2, 0.25) is 0 Å². The van der Waals surface area contributed by atoms with Crippen LogP contribution in [0.4, 0.5) is 11.6 Å². The van der Waals surface area contributed by atoms with E-state index in [0.29, 0.717) is 5.92 Å². The molecule has 0 saturated heterocycles. The summed E-state index contributed by atoms with van der Waals surface area (Å²) in [7, 11) is 2.21. The maximum atomic E-state index is 4.75. The van der Waals surface area contributed by atoms with E-state index < -0.39 is 0 Å². The van der Waals surface area contributed by atoms with E-state index in [1.807, 2.05) is 0 Å². The van der Waals surface area contributed by atoms with Gasteiger partial charge in [-0.15, -0.1) is 0 Å². The standard InChI is InChI=1S/C16H27N5/c1-4-17-14-11(2)15(20-16(19-14)12-5-6-12)18-9-10-21(3)13-7-8-13/h12-13H,4-10H2,1-3H3,(H2,17,18,19,20). The van der Waals surface area contributed by atoms with Crippen molar-refractivity contribution in [3.8, 4) is 0 Å². The monoisotopic (exact) mass is 289 g/mol. The van der Waals surface area contributed by atoms with Crippen LogP contribution in [-0.4, -0.2) is 47.6 Å². The zero-order valence-electron chi connectivity index (χ0n) is 13.4. The van der Waals surface area contributed by atoms with E-state index in [1.54, 1.807) is 0 Å². The third-order valence-corrected chi connectivity index (χ3v) is 4.38. The van der Waals surface area contributed by atoms with Gasteiger partial charge in [0.1, 0.15) is 17.5 Å². The summed E-state index contributed by atoms with van der Waals surface area (Å²) in [6.45, 7) is 7.12. The first-order valence-electron chi connectivity index (χ1n) is 8.25. The Bertz CT molecular complexity index is 494. The van der Waals surface area contributed by atoms with Gasteiger partial charge in [-0.05, 0) is 46.6 Å². The largest absolute Gasteiger partial charge is 0.370 e. The fraction of sp³-hybridized carbons (Fsp3) is 0.750. The molecule has 2 saturated carbocycles. The summed E-state index contributed by atoms with van der Waals surface area (Å²) in [6.07, 6.45) is 5.19. The van der Waals surface area contributed by atoms with Crippen LogP contribution >= 0.6 is 0 Å². The first kappa shape index (κ1) is 14.6. The molecular formula is C16H27N5. The highest BCUT2D eigenvalue weighted by Crippen LogP contribution is 2.39. The maximum absolute atomic E-state index is 4.75. The number of aromatic nitrogens is 2. The van der Waals surface area contributed by atoms with Crippen LogP contribution in [0.15, 0.2) is 0 Å². The van der Waals surface area contributed by atoms with Crippen molar-refractivity contribution in [3.63, 3.8) is 0 Å². The van der Waals surface area contributed by atoms with E-state index in [9.17, 15) is 0 Å². The molecule has 5 heteroatoms. The molecule has 2 aliphatic carbocycles. The van der Waals surface area contributed by atoms with Crippen molar-refractivity contribution < 1.29 is 0 Å². The highest BCUT2D eigenvalue weighted by atomic mass is 15.2. The summed E-state index contributed by atoms with van der Waals surface area (Å²) in [5.41, 5.74) is 1.13. The van der Waals surface area contributed by atoms with Crippen LogP contribution in [-0.2, 0) is 0 Å². The Morgan fingerprint density at radius 1 is 1.10 bits per heavy atom. The SMILES string of the molecule is CCNc1nc(C2CC2)nc(NCCN(C)C2CC2)c1C. The maximum Gasteiger partial charge on any atom is 0.136 e. The van der Waals surface area contributed by atoms with Gasteiger partial charge >= 0.3 is 0 Å². The van der Waals surface area contributed by atoms with Crippen molar-refractivity contribution in [2.24, 2.45) is 0 Å². The van der Waals surface area contributed by atoms with Gasteiger partial charge in [-0.3, -0.25) is 0 Å². The Morgan fingerprint density at radius 2 is 1.76 bits per heavy atom. The van der Waals surface area contributed by atoms with Gasteiger partial charge in [0.05, 0.1) is 0 Å². The fourth-order valence-corrected chi connectivity index (χ4v) is 2.62. The Morgan fingerprint density at radius 3 is 2.33 bits per heavy atom. The summed E-state index contributed by atoms with van der Waals surface area (Å²) in [5, 5.41) is 6.88. The minimum atomic E-state index is 0.581. The van der Waals surface area contributed by atoms with Crippen LogP contribution < -0.4 is 10.6 Å². The zero-order valence-corrected chi connectivity index (χ0v) is 13.4. The lowest BCUT2D eigenvalue weighted by Gasteiger charge is -2.18. The van der Waals surface area contributed by atoms with Crippen molar-refractivity contribution in [2.75, 3.05) is 37.3 Å². The molecule has 0 unspecified atom stereocenters. The highest BCUT2D eigenvalue weighted by Gasteiger charge is 2.28. The minimum absolute atomic E-state index is 0.581. The van der Waals surface area contributed by atoms with E-state index in [1.165, 1.54) is 25.7 Å². The van der Waals surface area contributed by atoms with Crippen molar-refractivity contribution in [3.05, 3.63) is 11.4 Å². The molecule has 0 bridgehead atoms. The van der Waals surface area contributed by atoms with Gasteiger partial charge < -0.3 is 15.5 Å². The number of nitrogens with one attached hydrogen (secondary N) is 2. The number of likely N-dealkylation sites (N-methyl/N-ethyl adjacent to an activating group) is 1. The van der Waals surface area contributed by atoms with E-state index >= 15 is 0 Å². The zero-order chi connectivity index (χ0) is 14.8. The van der Waals surface area contributed by atoms with Gasteiger partial charge in [-0.25, -0.2) is 9.97 Å². The Labute approximate surface area is 127 Å². The van der Waals surface area contributed by atoms with Crippen molar-refractivity contribution in [1.82, 2.24) is 14.9 Å². The summed E-state index contributed by atoms with van der Waals surface area (Å²) in [6, 6.07) is 0.817. The number of nitrogens with zero attached hydrogens (tertiary/aromatic N) is 3. The van der Waals surface area contributed by atoms with E-state index in [0.717, 1.165) is 48.7 Å². The first-order valence-corrected chi connectivity index (χ1v) is 8.25. The second-order valence-electron chi connectivity index (χ2n) is 6.35. The smallest absolute Gasteiger partial charge is 0.136 e. The molecule has 3 rings (SSSR count). The van der Waals surface area contributed by atoms with Gasteiger partial charge in [0, 0.05) is 37.2 Å². The molecule has 2 N–H and O–H groups in total. The number of hydrogen-bond acceptors (Lipinski definition) is 5. The molecule has 1 heterocycles. The molecule has 2 aliphatic rings. The second-order valence-corrected chi connectivity index (χ2v) is 6.35. The van der Waals surface area contributed by atoms with Gasteiger partial charge in [0.25, 0.3) is 0 Å². The van der Waals surface area contributed by atoms with Crippen LogP contribution in [0.1, 0.15) is 49.9 Å². The molecule has 0 aliphatic heterocycles. The van der Waals surface area contributed by atoms with Crippen molar-refractivity contribution in [2.45, 2.75) is 51.5 Å². The van der Waals surface area contributed by atoms with Crippen LogP contribution in [0.25, 0.3) is 0 Å². The summed E-state index contributed by atoms with van der Waals surface area (Å²) in [4.78, 5) is 11.9. The topological polar surface area (TPSA) is 53.1 Å². The van der Waals surface area contributed by atoms with E-state index in [4.69, 9.17) is 9.97 Å². The minimum Gasteiger partial charge on any atom is -0.370 e. The van der Waals surface area contributed by atoms with Crippen LogP contribution in [0, 0.1) is 6.92 Å². The number of hydrogen-bond donors (Lipinski definition) is 2. The summed E-state index contributed by atoms with van der Waals surface area (Å²) >= 11 is 0. The normalized spacial score (nSPS) is 18.1. The van der Waals surface area contributed by atoms with Gasteiger partial charge in [0.15, 0.2) is 0 Å². The lowest BCUT2D eigenvalue weighted by atomic mass is 10.2. The molecule has 116 valence electrons. The van der Waals surface area contributed by atoms with Crippen molar-refractivity contribution >= 4 is 11.6 Å². The predicted molar refractivity (Wildman–Crippen MR) is 87.0 cm³/mol. The molecule has 1 aromatic rings. The van der Waals surface area contributed by atoms with Gasteiger partial charge in [-0.2, -0.15) is 0 Å². The lowest BCUT2D eigenvalue weighted by molar-refractivity contribution is 0.337. The quantitative estimate of drug-likeness (QED) is 0.770. The first-order chi connectivity index (χ1) is 10.2. The Hall–Kier alpha value is -1.36. The lowest BCUT2D eigenvalue weighted by Crippen LogP contribution is -2.27. The molecular weight excluding hydrogens is 262 g/mol. The molecule has 1 aromatic heterocycles. The Kier molecular flexibility index (Phi) is 4.29. The average molecular weight is 289 g/mol. The third-order valence-electron chi connectivity index (χ3n) is 4.38. The van der Waals surface area contributed by atoms with Gasteiger partial charge in [0.2, 0.25) is 0 Å². The van der Waals surface area contributed by atoms with Gasteiger partial charge in [-0.1, -0.05) is 0 Å². The highest BCUT2D eigenvalue weighted by molar-refractivity contribution is 5.57. The molecule has 0 amide bonds.